The molecular weight excluding hydrogens is 254 g/mol. The van der Waals surface area contributed by atoms with Crippen molar-refractivity contribution >= 4 is 17.3 Å². The highest BCUT2D eigenvalue weighted by Crippen LogP contribution is 2.23. The lowest BCUT2D eigenvalue weighted by molar-refractivity contribution is -0.389. The number of carbonyl (C=O) groups excluding carboxylic acids is 1. The summed E-state index contributed by atoms with van der Waals surface area (Å²) in [6.45, 7) is 2.30. The van der Waals surface area contributed by atoms with Crippen LogP contribution in [0.2, 0.25) is 0 Å². The highest BCUT2D eigenvalue weighted by Gasteiger charge is 2.23. The van der Waals surface area contributed by atoms with E-state index in [0.29, 0.717) is 6.54 Å². The fourth-order valence-electron chi connectivity index (χ4n) is 1.45. The molecule has 0 spiro atoms. The summed E-state index contributed by atoms with van der Waals surface area (Å²) in [5.74, 6) is -0.677. The van der Waals surface area contributed by atoms with Crippen LogP contribution in [0.4, 0.5) is 11.4 Å². The zero-order valence-corrected chi connectivity index (χ0v) is 10.3. The first kappa shape index (κ1) is 14.6. The van der Waals surface area contributed by atoms with Gasteiger partial charge in [0.25, 0.3) is 17.3 Å². The van der Waals surface area contributed by atoms with Gasteiger partial charge in [-0.3, -0.25) is 25.0 Å². The topological polar surface area (TPSA) is 115 Å². The summed E-state index contributed by atoms with van der Waals surface area (Å²) < 4.78 is 0. The molecule has 0 aromatic heterocycles. The van der Waals surface area contributed by atoms with Crippen LogP contribution in [-0.4, -0.2) is 22.3 Å². The third-order valence-electron chi connectivity index (χ3n) is 2.45. The van der Waals surface area contributed by atoms with Gasteiger partial charge in [-0.25, -0.2) is 0 Å². The zero-order chi connectivity index (χ0) is 14.4. The van der Waals surface area contributed by atoms with Gasteiger partial charge >= 0.3 is 0 Å². The molecule has 0 unspecified atom stereocenters. The van der Waals surface area contributed by atoms with E-state index < -0.39 is 21.4 Å². The average Bonchev–Trinajstić information content (AvgIpc) is 2.37. The molecule has 0 saturated heterocycles. The molecule has 0 aliphatic carbocycles. The van der Waals surface area contributed by atoms with E-state index >= 15 is 0 Å². The van der Waals surface area contributed by atoms with Gasteiger partial charge in [0, 0.05) is 24.7 Å². The summed E-state index contributed by atoms with van der Waals surface area (Å²) in [5.41, 5.74) is -1.10. The Bertz CT molecular complexity index is 515. The molecule has 1 aromatic carbocycles. The van der Waals surface area contributed by atoms with Crippen LogP contribution >= 0.6 is 0 Å². The first-order valence-corrected chi connectivity index (χ1v) is 5.68. The van der Waals surface area contributed by atoms with E-state index in [1.807, 2.05) is 6.92 Å². The number of amides is 1. The molecule has 0 radical (unpaired) electrons. The Balaban J connectivity index is 3.06. The van der Waals surface area contributed by atoms with Crippen LogP contribution in [-0.2, 0) is 0 Å². The van der Waals surface area contributed by atoms with Crippen molar-refractivity contribution < 1.29 is 14.6 Å². The maximum absolute atomic E-state index is 11.8. The smallest absolute Gasteiger partial charge is 0.282 e. The molecule has 19 heavy (non-hydrogen) atoms. The molecular formula is C11H13N3O5. The number of unbranched alkanes of at least 4 members (excludes halogenated alkanes) is 1. The van der Waals surface area contributed by atoms with Gasteiger partial charge in [-0.2, -0.15) is 0 Å². The first-order chi connectivity index (χ1) is 8.97. The van der Waals surface area contributed by atoms with Crippen molar-refractivity contribution in [3.63, 3.8) is 0 Å². The summed E-state index contributed by atoms with van der Waals surface area (Å²) in [6.07, 6.45) is 1.59. The predicted octanol–water partition coefficient (Wildman–Crippen LogP) is 2.03. The quantitative estimate of drug-likeness (QED) is 0.481. The number of benzene rings is 1. The lowest BCUT2D eigenvalue weighted by Crippen LogP contribution is -2.25. The summed E-state index contributed by atoms with van der Waals surface area (Å²) in [7, 11) is 0. The third kappa shape index (κ3) is 3.73. The van der Waals surface area contributed by atoms with E-state index in [2.05, 4.69) is 5.32 Å². The van der Waals surface area contributed by atoms with Gasteiger partial charge in [0.1, 0.15) is 5.56 Å². The maximum atomic E-state index is 11.8. The lowest BCUT2D eigenvalue weighted by atomic mass is 10.1. The number of nitro groups is 2. The molecule has 0 heterocycles. The van der Waals surface area contributed by atoms with E-state index in [9.17, 15) is 25.0 Å². The number of nitrogens with zero attached hydrogens (tertiary/aromatic N) is 2. The highest BCUT2D eigenvalue weighted by atomic mass is 16.6. The monoisotopic (exact) mass is 267 g/mol. The normalized spacial score (nSPS) is 9.95. The van der Waals surface area contributed by atoms with E-state index in [-0.39, 0.29) is 11.3 Å². The molecule has 1 aromatic rings. The average molecular weight is 267 g/mol. The number of nitro benzene ring substituents is 2. The lowest BCUT2D eigenvalue weighted by Gasteiger charge is -2.04. The zero-order valence-electron chi connectivity index (χ0n) is 10.3. The second kappa shape index (κ2) is 6.43. The molecule has 1 N–H and O–H groups in total. The minimum absolute atomic E-state index is 0.296. The molecule has 8 nitrogen and oxygen atoms in total. The van der Waals surface area contributed by atoms with Crippen molar-refractivity contribution in [1.82, 2.24) is 5.32 Å². The SMILES string of the molecule is CCCCNC(=O)c1cc([N+](=O)[O-])ccc1[N+](=O)[O-]. The van der Waals surface area contributed by atoms with Gasteiger partial charge in [-0.1, -0.05) is 13.3 Å². The maximum Gasteiger partial charge on any atom is 0.282 e. The van der Waals surface area contributed by atoms with Gasteiger partial charge in [-0.15, -0.1) is 0 Å². The molecule has 1 amide bonds. The first-order valence-electron chi connectivity index (χ1n) is 5.68. The molecule has 0 aliphatic heterocycles. The Morgan fingerprint density at radius 1 is 1.26 bits per heavy atom. The predicted molar refractivity (Wildman–Crippen MR) is 67.0 cm³/mol. The standard InChI is InChI=1S/C11H13N3O5/c1-2-3-6-12-11(15)9-7-8(13(16)17)4-5-10(9)14(18)19/h4-5,7H,2-3,6H2,1H3,(H,12,15). The number of nitrogens with one attached hydrogen (secondary N) is 1. The molecule has 0 aliphatic rings. The second-order valence-electron chi connectivity index (χ2n) is 3.83. The molecule has 102 valence electrons. The summed E-state index contributed by atoms with van der Waals surface area (Å²) in [5, 5.41) is 23.9. The highest BCUT2D eigenvalue weighted by molar-refractivity contribution is 5.98. The van der Waals surface area contributed by atoms with Crippen LogP contribution in [0, 0.1) is 20.2 Å². The molecule has 8 heteroatoms. The summed E-state index contributed by atoms with van der Waals surface area (Å²) in [6, 6.07) is 2.88. The molecule has 0 bridgehead atoms. The third-order valence-corrected chi connectivity index (χ3v) is 2.45. The van der Waals surface area contributed by atoms with Crippen LogP contribution in [0.5, 0.6) is 0 Å². The van der Waals surface area contributed by atoms with Crippen molar-refractivity contribution in [2.45, 2.75) is 19.8 Å². The Kier molecular flexibility index (Phi) is 4.92. The van der Waals surface area contributed by atoms with Crippen molar-refractivity contribution in [1.29, 1.82) is 0 Å². The number of carbonyl (C=O) groups is 1. The van der Waals surface area contributed by atoms with Crippen LogP contribution < -0.4 is 5.32 Å². The van der Waals surface area contributed by atoms with E-state index in [1.165, 1.54) is 0 Å². The van der Waals surface area contributed by atoms with Gasteiger partial charge in [0.15, 0.2) is 0 Å². The summed E-state index contributed by atoms with van der Waals surface area (Å²) >= 11 is 0. The van der Waals surface area contributed by atoms with E-state index in [0.717, 1.165) is 31.0 Å². The molecule has 1 rings (SSSR count). The number of hydrogen-bond donors (Lipinski definition) is 1. The van der Waals surface area contributed by atoms with Crippen LogP contribution in [0.3, 0.4) is 0 Å². The Hall–Kier alpha value is -2.51. The fourth-order valence-corrected chi connectivity index (χ4v) is 1.45. The van der Waals surface area contributed by atoms with Crippen molar-refractivity contribution in [3.8, 4) is 0 Å². The van der Waals surface area contributed by atoms with Gasteiger partial charge in [-0.05, 0) is 6.42 Å². The second-order valence-corrected chi connectivity index (χ2v) is 3.83. The van der Waals surface area contributed by atoms with Gasteiger partial charge in [0.2, 0.25) is 0 Å². The number of rotatable bonds is 6. The van der Waals surface area contributed by atoms with Crippen molar-refractivity contribution in [2.75, 3.05) is 6.54 Å². The van der Waals surface area contributed by atoms with Gasteiger partial charge < -0.3 is 5.32 Å². The van der Waals surface area contributed by atoms with Crippen LogP contribution in [0.1, 0.15) is 30.1 Å². The van der Waals surface area contributed by atoms with Crippen LogP contribution in [0.15, 0.2) is 18.2 Å². The van der Waals surface area contributed by atoms with E-state index in [4.69, 9.17) is 0 Å². The fraction of sp³-hybridized carbons (Fsp3) is 0.364. The van der Waals surface area contributed by atoms with Crippen molar-refractivity contribution in [3.05, 3.63) is 44.0 Å². The minimum Gasteiger partial charge on any atom is -0.352 e. The van der Waals surface area contributed by atoms with Gasteiger partial charge in [0.05, 0.1) is 9.85 Å². The van der Waals surface area contributed by atoms with E-state index in [1.54, 1.807) is 0 Å². The van der Waals surface area contributed by atoms with Crippen LogP contribution in [0.25, 0.3) is 0 Å². The van der Waals surface area contributed by atoms with Crippen molar-refractivity contribution in [2.24, 2.45) is 0 Å². The number of non-ortho nitro benzene ring substituents is 1. The Labute approximate surface area is 108 Å². The summed E-state index contributed by atoms with van der Waals surface area (Å²) in [4.78, 5) is 31.8. The molecule has 0 atom stereocenters. The minimum atomic E-state index is -0.738. The molecule has 0 fully saturated rings. The largest absolute Gasteiger partial charge is 0.352 e. The molecule has 0 saturated carbocycles. The Morgan fingerprint density at radius 3 is 2.47 bits per heavy atom. The number of hydrogen-bond acceptors (Lipinski definition) is 5. The Morgan fingerprint density at radius 2 is 1.95 bits per heavy atom.